The molecule has 0 aromatic heterocycles. The molecule has 4 aliphatic carbocycles. The topological polar surface area (TPSA) is 64.3 Å². The molecule has 4 rings (SSSR count). The second-order valence-electron chi connectivity index (χ2n) is 7.57. The smallest absolute Gasteiger partial charge is 0.239 e. The molecule has 0 heterocycles. The normalized spacial score (nSPS) is 41.5. The Hall–Kier alpha value is -0.610. The first-order chi connectivity index (χ1) is 9.52. The number of nitrogens with one attached hydrogen (secondary N) is 1. The Morgan fingerprint density at radius 3 is 2.20 bits per heavy atom. The summed E-state index contributed by atoms with van der Waals surface area (Å²) in [6.45, 7) is 2.48. The number of carbonyl (C=O) groups is 1. The van der Waals surface area contributed by atoms with Crippen LogP contribution in [0.1, 0.15) is 45.4 Å². The molecule has 20 heavy (non-hydrogen) atoms. The van der Waals surface area contributed by atoms with Crippen molar-refractivity contribution in [2.75, 3.05) is 13.7 Å². The first kappa shape index (κ1) is 14.3. The van der Waals surface area contributed by atoms with Gasteiger partial charge in [-0.15, -0.1) is 0 Å². The fraction of sp³-hybridized carbons (Fsp3) is 0.938. The average molecular weight is 280 g/mol. The molecule has 4 aliphatic rings. The molecule has 114 valence electrons. The summed E-state index contributed by atoms with van der Waals surface area (Å²) in [5.74, 6) is 2.67. The summed E-state index contributed by atoms with van der Waals surface area (Å²) >= 11 is 0. The molecule has 4 nitrogen and oxygen atoms in total. The van der Waals surface area contributed by atoms with Crippen molar-refractivity contribution in [3.8, 4) is 0 Å². The number of nitrogens with two attached hydrogens (primary N) is 1. The maximum Gasteiger partial charge on any atom is 0.239 e. The molecule has 3 N–H and O–H groups in total. The Morgan fingerprint density at radius 2 is 1.75 bits per heavy atom. The van der Waals surface area contributed by atoms with Crippen LogP contribution >= 0.6 is 0 Å². The molecular weight excluding hydrogens is 252 g/mol. The van der Waals surface area contributed by atoms with E-state index in [2.05, 4.69) is 12.2 Å². The van der Waals surface area contributed by atoms with Gasteiger partial charge in [-0.2, -0.15) is 0 Å². The molecule has 0 radical (unpaired) electrons. The third-order valence-corrected chi connectivity index (χ3v) is 6.05. The van der Waals surface area contributed by atoms with E-state index in [4.69, 9.17) is 10.5 Å². The van der Waals surface area contributed by atoms with Crippen molar-refractivity contribution in [3.05, 3.63) is 0 Å². The Kier molecular flexibility index (Phi) is 3.80. The standard InChI is InChI=1S/C16H28N2O2/c1-10(18-15(19)14(17)9-20-2)16-6-11-3-12(7-16)5-13(4-11)8-16/h10-14H,3-9,17H2,1-2H3,(H,18,19). The van der Waals surface area contributed by atoms with Crippen molar-refractivity contribution in [1.82, 2.24) is 5.32 Å². The van der Waals surface area contributed by atoms with Crippen molar-refractivity contribution in [2.24, 2.45) is 28.9 Å². The Morgan fingerprint density at radius 1 is 1.25 bits per heavy atom. The highest BCUT2D eigenvalue weighted by Gasteiger charge is 2.53. The van der Waals surface area contributed by atoms with Gasteiger partial charge in [-0.3, -0.25) is 4.79 Å². The zero-order chi connectivity index (χ0) is 14.3. The van der Waals surface area contributed by atoms with Gasteiger partial charge in [0, 0.05) is 13.2 Å². The lowest BCUT2D eigenvalue weighted by atomic mass is 9.48. The summed E-state index contributed by atoms with van der Waals surface area (Å²) in [4.78, 5) is 12.1. The number of ether oxygens (including phenoxy) is 1. The molecule has 0 aromatic rings. The number of carbonyl (C=O) groups excluding carboxylic acids is 1. The molecule has 4 bridgehead atoms. The van der Waals surface area contributed by atoms with E-state index in [1.54, 1.807) is 7.11 Å². The van der Waals surface area contributed by atoms with Gasteiger partial charge in [0.2, 0.25) is 5.91 Å². The SMILES string of the molecule is COCC(N)C(=O)NC(C)C12CC3CC(CC(C3)C1)C2. The Labute approximate surface area is 121 Å². The summed E-state index contributed by atoms with van der Waals surface area (Å²) < 4.78 is 4.97. The van der Waals surface area contributed by atoms with Crippen LogP contribution in [0.3, 0.4) is 0 Å². The zero-order valence-corrected chi connectivity index (χ0v) is 12.7. The van der Waals surface area contributed by atoms with E-state index in [9.17, 15) is 4.79 Å². The second kappa shape index (κ2) is 5.30. The van der Waals surface area contributed by atoms with Gasteiger partial charge < -0.3 is 15.8 Å². The summed E-state index contributed by atoms with van der Waals surface area (Å²) in [7, 11) is 1.58. The van der Waals surface area contributed by atoms with Crippen LogP contribution in [0.25, 0.3) is 0 Å². The zero-order valence-electron chi connectivity index (χ0n) is 12.7. The van der Waals surface area contributed by atoms with Crippen LogP contribution in [0, 0.1) is 23.2 Å². The predicted octanol–water partition coefficient (Wildman–Crippen LogP) is 1.68. The summed E-state index contributed by atoms with van der Waals surface area (Å²) in [6.07, 6.45) is 8.22. The molecule has 0 aromatic carbocycles. The number of hydrogen-bond acceptors (Lipinski definition) is 3. The van der Waals surface area contributed by atoms with Crippen molar-refractivity contribution < 1.29 is 9.53 Å². The highest BCUT2D eigenvalue weighted by Crippen LogP contribution is 2.61. The van der Waals surface area contributed by atoms with Gasteiger partial charge in [-0.1, -0.05) is 0 Å². The minimum atomic E-state index is -0.545. The van der Waals surface area contributed by atoms with Crippen molar-refractivity contribution >= 4 is 5.91 Å². The van der Waals surface area contributed by atoms with Crippen molar-refractivity contribution in [2.45, 2.75) is 57.5 Å². The van der Waals surface area contributed by atoms with Crippen LogP contribution in [0.4, 0.5) is 0 Å². The van der Waals surface area contributed by atoms with Crippen LogP contribution in [-0.4, -0.2) is 31.7 Å². The minimum absolute atomic E-state index is 0.0601. The molecule has 0 aliphatic heterocycles. The molecule has 0 spiro atoms. The summed E-state index contributed by atoms with van der Waals surface area (Å²) in [6, 6.07) is -0.303. The third kappa shape index (κ3) is 2.48. The van der Waals surface area contributed by atoms with Crippen LogP contribution in [-0.2, 0) is 9.53 Å². The molecule has 2 atom stereocenters. The van der Waals surface area contributed by atoms with Gasteiger partial charge >= 0.3 is 0 Å². The van der Waals surface area contributed by atoms with Crippen molar-refractivity contribution in [1.29, 1.82) is 0 Å². The van der Waals surface area contributed by atoms with E-state index in [0.29, 0.717) is 12.0 Å². The third-order valence-electron chi connectivity index (χ3n) is 6.05. The van der Waals surface area contributed by atoms with Gasteiger partial charge in [0.25, 0.3) is 0 Å². The van der Waals surface area contributed by atoms with E-state index < -0.39 is 6.04 Å². The molecule has 4 saturated carbocycles. The van der Waals surface area contributed by atoms with Gasteiger partial charge in [0.15, 0.2) is 0 Å². The quantitative estimate of drug-likeness (QED) is 0.805. The number of amides is 1. The fourth-order valence-electron chi connectivity index (χ4n) is 5.44. The first-order valence-corrected chi connectivity index (χ1v) is 8.07. The molecule has 2 unspecified atom stereocenters. The maximum absolute atomic E-state index is 12.1. The molecule has 4 fully saturated rings. The van der Waals surface area contributed by atoms with E-state index in [1.807, 2.05) is 0 Å². The largest absolute Gasteiger partial charge is 0.383 e. The fourth-order valence-corrected chi connectivity index (χ4v) is 5.44. The van der Waals surface area contributed by atoms with Gasteiger partial charge in [0.05, 0.1) is 6.61 Å². The second-order valence-corrected chi connectivity index (χ2v) is 7.57. The minimum Gasteiger partial charge on any atom is -0.383 e. The molecule has 0 saturated heterocycles. The maximum atomic E-state index is 12.1. The Bertz CT molecular complexity index is 347. The Balaban J connectivity index is 1.65. The van der Waals surface area contributed by atoms with E-state index >= 15 is 0 Å². The number of rotatable bonds is 5. The average Bonchev–Trinajstić information content (AvgIpc) is 2.37. The highest BCUT2D eigenvalue weighted by atomic mass is 16.5. The van der Waals surface area contributed by atoms with Crippen molar-refractivity contribution in [3.63, 3.8) is 0 Å². The van der Waals surface area contributed by atoms with E-state index in [1.165, 1.54) is 38.5 Å². The monoisotopic (exact) mass is 280 g/mol. The van der Waals surface area contributed by atoms with Crippen LogP contribution in [0.15, 0.2) is 0 Å². The number of methoxy groups -OCH3 is 1. The van der Waals surface area contributed by atoms with Gasteiger partial charge in [-0.25, -0.2) is 0 Å². The lowest BCUT2D eigenvalue weighted by molar-refractivity contribution is -0.128. The first-order valence-electron chi connectivity index (χ1n) is 8.07. The summed E-state index contributed by atoms with van der Waals surface area (Å²) in [5, 5.41) is 3.18. The molecular formula is C16H28N2O2. The van der Waals surface area contributed by atoms with Crippen LogP contribution in [0.5, 0.6) is 0 Å². The predicted molar refractivity (Wildman–Crippen MR) is 78.1 cm³/mol. The summed E-state index contributed by atoms with van der Waals surface area (Å²) in [5.41, 5.74) is 6.17. The van der Waals surface area contributed by atoms with Gasteiger partial charge in [0.1, 0.15) is 6.04 Å². The van der Waals surface area contributed by atoms with E-state index in [0.717, 1.165) is 17.8 Å². The lowest BCUT2D eigenvalue weighted by Crippen LogP contribution is -2.58. The lowest BCUT2D eigenvalue weighted by Gasteiger charge is -2.59. The van der Waals surface area contributed by atoms with Crippen LogP contribution in [0.2, 0.25) is 0 Å². The molecule has 1 amide bonds. The molecule has 4 heteroatoms. The highest BCUT2D eigenvalue weighted by molar-refractivity contribution is 5.81. The van der Waals surface area contributed by atoms with E-state index in [-0.39, 0.29) is 11.9 Å². The van der Waals surface area contributed by atoms with Gasteiger partial charge in [-0.05, 0) is 68.6 Å². The number of hydrogen-bond donors (Lipinski definition) is 2. The van der Waals surface area contributed by atoms with Crippen LogP contribution < -0.4 is 11.1 Å².